The first kappa shape index (κ1) is 16.7. The van der Waals surface area contributed by atoms with Gasteiger partial charge in [-0.15, -0.1) is 0 Å². The van der Waals surface area contributed by atoms with Crippen molar-refractivity contribution in [1.82, 2.24) is 25.4 Å². The SMILES string of the molecule is CC(Cn1cncn1)NC(=O)NC1CCOC1c1ccc(Cl)cc1. The second kappa shape index (κ2) is 7.63. The molecule has 3 unspecified atom stereocenters. The highest BCUT2D eigenvalue weighted by Gasteiger charge is 2.31. The minimum absolute atomic E-state index is 0.0651. The highest BCUT2D eigenvalue weighted by Crippen LogP contribution is 2.29. The van der Waals surface area contributed by atoms with Crippen LogP contribution in [0.1, 0.15) is 25.0 Å². The van der Waals surface area contributed by atoms with E-state index in [1.165, 1.54) is 6.33 Å². The number of halogens is 1. The molecule has 0 aliphatic carbocycles. The molecule has 1 aliphatic heterocycles. The van der Waals surface area contributed by atoms with Gasteiger partial charge in [0.1, 0.15) is 18.8 Å². The lowest BCUT2D eigenvalue weighted by molar-refractivity contribution is 0.0998. The zero-order chi connectivity index (χ0) is 16.9. The number of aromatic nitrogens is 3. The van der Waals surface area contributed by atoms with E-state index in [-0.39, 0.29) is 24.2 Å². The highest BCUT2D eigenvalue weighted by molar-refractivity contribution is 6.30. The van der Waals surface area contributed by atoms with Gasteiger partial charge in [-0.25, -0.2) is 9.78 Å². The monoisotopic (exact) mass is 349 g/mol. The fourth-order valence-electron chi connectivity index (χ4n) is 2.81. The summed E-state index contributed by atoms with van der Waals surface area (Å²) in [4.78, 5) is 16.1. The number of urea groups is 1. The van der Waals surface area contributed by atoms with Crippen LogP contribution >= 0.6 is 11.6 Å². The third-order valence-corrected chi connectivity index (χ3v) is 4.16. The molecule has 1 fully saturated rings. The van der Waals surface area contributed by atoms with E-state index < -0.39 is 0 Å². The molecule has 3 rings (SSSR count). The number of benzene rings is 1. The largest absolute Gasteiger partial charge is 0.371 e. The Labute approximate surface area is 145 Å². The van der Waals surface area contributed by atoms with Gasteiger partial charge in [0.25, 0.3) is 0 Å². The number of rotatable bonds is 5. The molecule has 0 saturated carbocycles. The van der Waals surface area contributed by atoms with E-state index in [0.29, 0.717) is 18.2 Å². The molecule has 0 bridgehead atoms. The molecular formula is C16H20ClN5O2. The van der Waals surface area contributed by atoms with Gasteiger partial charge in [-0.1, -0.05) is 23.7 Å². The molecule has 2 heterocycles. The van der Waals surface area contributed by atoms with Crippen molar-refractivity contribution in [2.45, 2.75) is 38.1 Å². The summed E-state index contributed by atoms with van der Waals surface area (Å²) in [7, 11) is 0. The predicted octanol–water partition coefficient (Wildman–Crippen LogP) is 2.15. The Morgan fingerprint density at radius 3 is 2.96 bits per heavy atom. The Kier molecular flexibility index (Phi) is 5.32. The lowest BCUT2D eigenvalue weighted by Crippen LogP contribution is -2.47. The lowest BCUT2D eigenvalue weighted by atomic mass is 10.0. The van der Waals surface area contributed by atoms with Crippen LogP contribution in [0.25, 0.3) is 0 Å². The summed E-state index contributed by atoms with van der Waals surface area (Å²) in [5.41, 5.74) is 1.01. The van der Waals surface area contributed by atoms with Crippen molar-refractivity contribution in [3.8, 4) is 0 Å². The molecule has 1 saturated heterocycles. The maximum absolute atomic E-state index is 12.2. The van der Waals surface area contributed by atoms with E-state index in [1.807, 2.05) is 31.2 Å². The van der Waals surface area contributed by atoms with Crippen LogP contribution in [-0.2, 0) is 11.3 Å². The first-order valence-corrected chi connectivity index (χ1v) is 8.26. The summed E-state index contributed by atoms with van der Waals surface area (Å²) in [5, 5.41) is 10.6. The van der Waals surface area contributed by atoms with Crippen molar-refractivity contribution in [2.24, 2.45) is 0 Å². The van der Waals surface area contributed by atoms with Gasteiger partial charge in [0, 0.05) is 17.7 Å². The Hall–Kier alpha value is -2.12. The average molecular weight is 350 g/mol. The van der Waals surface area contributed by atoms with Gasteiger partial charge >= 0.3 is 6.03 Å². The van der Waals surface area contributed by atoms with Crippen LogP contribution in [0.3, 0.4) is 0 Å². The van der Waals surface area contributed by atoms with Crippen molar-refractivity contribution in [3.05, 3.63) is 47.5 Å². The van der Waals surface area contributed by atoms with Crippen LogP contribution in [0.5, 0.6) is 0 Å². The van der Waals surface area contributed by atoms with E-state index >= 15 is 0 Å². The first-order valence-electron chi connectivity index (χ1n) is 7.88. The third-order valence-electron chi connectivity index (χ3n) is 3.91. The molecule has 2 aromatic rings. The van der Waals surface area contributed by atoms with E-state index in [1.54, 1.807) is 11.0 Å². The van der Waals surface area contributed by atoms with Crippen LogP contribution in [0, 0.1) is 0 Å². The van der Waals surface area contributed by atoms with Crippen molar-refractivity contribution < 1.29 is 9.53 Å². The number of nitrogens with one attached hydrogen (secondary N) is 2. The number of hydrogen-bond donors (Lipinski definition) is 2. The van der Waals surface area contributed by atoms with E-state index in [9.17, 15) is 4.79 Å². The molecule has 0 spiro atoms. The zero-order valence-electron chi connectivity index (χ0n) is 13.4. The molecule has 1 aliphatic rings. The molecule has 7 nitrogen and oxygen atoms in total. The minimum atomic E-state index is -0.211. The van der Waals surface area contributed by atoms with E-state index in [0.717, 1.165) is 12.0 Å². The van der Waals surface area contributed by atoms with Crippen molar-refractivity contribution in [2.75, 3.05) is 6.61 Å². The minimum Gasteiger partial charge on any atom is -0.371 e. The number of carbonyl (C=O) groups is 1. The topological polar surface area (TPSA) is 81.1 Å². The van der Waals surface area contributed by atoms with E-state index in [4.69, 9.17) is 16.3 Å². The molecule has 128 valence electrons. The summed E-state index contributed by atoms with van der Waals surface area (Å²) >= 11 is 5.92. The van der Waals surface area contributed by atoms with Gasteiger partial charge in [-0.3, -0.25) is 4.68 Å². The Balaban J connectivity index is 1.54. The van der Waals surface area contributed by atoms with Gasteiger partial charge in [-0.2, -0.15) is 5.10 Å². The zero-order valence-corrected chi connectivity index (χ0v) is 14.1. The first-order chi connectivity index (χ1) is 11.6. The molecule has 8 heteroatoms. The van der Waals surface area contributed by atoms with Gasteiger partial charge in [0.2, 0.25) is 0 Å². The average Bonchev–Trinajstić information content (AvgIpc) is 3.20. The number of carbonyl (C=O) groups excluding carboxylic acids is 1. The summed E-state index contributed by atoms with van der Waals surface area (Å²) in [6.45, 7) is 3.10. The molecular weight excluding hydrogens is 330 g/mol. The predicted molar refractivity (Wildman–Crippen MR) is 89.7 cm³/mol. The summed E-state index contributed by atoms with van der Waals surface area (Å²) < 4.78 is 7.46. The van der Waals surface area contributed by atoms with Gasteiger partial charge in [0.15, 0.2) is 0 Å². The molecule has 2 amide bonds. The van der Waals surface area contributed by atoms with Gasteiger partial charge < -0.3 is 15.4 Å². The van der Waals surface area contributed by atoms with Crippen LogP contribution < -0.4 is 10.6 Å². The molecule has 24 heavy (non-hydrogen) atoms. The summed E-state index contributed by atoms with van der Waals surface area (Å²) in [5.74, 6) is 0. The lowest BCUT2D eigenvalue weighted by Gasteiger charge is -2.22. The van der Waals surface area contributed by atoms with Crippen molar-refractivity contribution in [3.63, 3.8) is 0 Å². The third kappa shape index (κ3) is 4.24. The standard InChI is InChI=1S/C16H20ClN5O2/c1-11(8-22-10-18-9-19-22)20-16(23)21-14-6-7-24-15(14)12-2-4-13(17)5-3-12/h2-5,9-11,14-15H,6-8H2,1H3,(H2,20,21,23). The smallest absolute Gasteiger partial charge is 0.315 e. The molecule has 0 radical (unpaired) electrons. The van der Waals surface area contributed by atoms with Gasteiger partial charge in [0.05, 0.1) is 12.6 Å². The molecule has 1 aromatic carbocycles. The van der Waals surface area contributed by atoms with E-state index in [2.05, 4.69) is 20.7 Å². The second-order valence-electron chi connectivity index (χ2n) is 5.87. The van der Waals surface area contributed by atoms with Crippen LogP contribution in [-0.4, -0.2) is 39.5 Å². The maximum Gasteiger partial charge on any atom is 0.315 e. The Morgan fingerprint density at radius 1 is 1.46 bits per heavy atom. The highest BCUT2D eigenvalue weighted by atomic mass is 35.5. The summed E-state index contributed by atoms with van der Waals surface area (Å²) in [6, 6.07) is 7.17. The fraction of sp³-hybridized carbons (Fsp3) is 0.438. The number of ether oxygens (including phenoxy) is 1. The van der Waals surface area contributed by atoms with Crippen LogP contribution in [0.15, 0.2) is 36.9 Å². The fourth-order valence-corrected chi connectivity index (χ4v) is 2.93. The van der Waals surface area contributed by atoms with Crippen LogP contribution in [0.4, 0.5) is 4.79 Å². The molecule has 2 N–H and O–H groups in total. The van der Waals surface area contributed by atoms with Crippen molar-refractivity contribution in [1.29, 1.82) is 0 Å². The maximum atomic E-state index is 12.2. The summed E-state index contributed by atoms with van der Waals surface area (Å²) in [6.07, 6.45) is 3.72. The van der Waals surface area contributed by atoms with Crippen LogP contribution in [0.2, 0.25) is 5.02 Å². The number of hydrogen-bond acceptors (Lipinski definition) is 4. The number of nitrogens with zero attached hydrogens (tertiary/aromatic N) is 3. The molecule has 3 atom stereocenters. The van der Waals surface area contributed by atoms with Crippen molar-refractivity contribution >= 4 is 17.6 Å². The number of amides is 2. The van der Waals surface area contributed by atoms with Gasteiger partial charge in [-0.05, 0) is 31.0 Å². The second-order valence-corrected chi connectivity index (χ2v) is 6.31. The normalized spacial score (nSPS) is 21.4. The Bertz CT molecular complexity index is 662. The Morgan fingerprint density at radius 2 is 2.25 bits per heavy atom. The quantitative estimate of drug-likeness (QED) is 0.866. The molecule has 1 aromatic heterocycles.